The van der Waals surface area contributed by atoms with Crippen molar-refractivity contribution < 1.29 is 9.47 Å². The monoisotopic (exact) mass is 240 g/mol. The SMILES string of the molecule is C.CC.CCCc1ccc(OC)c(OCC)c1. The van der Waals surface area contributed by atoms with E-state index >= 15 is 0 Å². The summed E-state index contributed by atoms with van der Waals surface area (Å²) in [5.74, 6) is 1.66. The molecule has 0 aliphatic rings. The molecule has 100 valence electrons. The summed E-state index contributed by atoms with van der Waals surface area (Å²) in [4.78, 5) is 0. The summed E-state index contributed by atoms with van der Waals surface area (Å²) in [7, 11) is 1.66. The van der Waals surface area contributed by atoms with Crippen LogP contribution in [0.1, 0.15) is 47.1 Å². The second kappa shape index (κ2) is 11.3. The molecule has 0 saturated carbocycles. The summed E-state index contributed by atoms with van der Waals surface area (Å²) >= 11 is 0. The number of hydrogen-bond donors (Lipinski definition) is 0. The van der Waals surface area contributed by atoms with Crippen LogP contribution < -0.4 is 9.47 Å². The predicted octanol–water partition coefficient (Wildman–Crippen LogP) is 4.71. The standard InChI is InChI=1S/C12H18O2.C2H6.CH4/c1-4-6-10-7-8-11(13-3)12(9-10)14-5-2;1-2;/h7-9H,4-6H2,1-3H3;1-2H3;1H4. The van der Waals surface area contributed by atoms with Crippen LogP contribution in [0.15, 0.2) is 18.2 Å². The van der Waals surface area contributed by atoms with E-state index in [2.05, 4.69) is 19.1 Å². The minimum atomic E-state index is 0. The first-order valence-corrected chi connectivity index (χ1v) is 6.11. The number of ether oxygens (including phenoxy) is 2. The Morgan fingerprint density at radius 2 is 1.71 bits per heavy atom. The van der Waals surface area contributed by atoms with Gasteiger partial charge in [-0.05, 0) is 31.0 Å². The summed E-state index contributed by atoms with van der Waals surface area (Å²) < 4.78 is 10.7. The van der Waals surface area contributed by atoms with Crippen LogP contribution in [0.5, 0.6) is 11.5 Å². The molecule has 0 aliphatic carbocycles. The van der Waals surface area contributed by atoms with Gasteiger partial charge >= 0.3 is 0 Å². The molecule has 0 amide bonds. The number of rotatable bonds is 5. The first-order valence-electron chi connectivity index (χ1n) is 6.11. The Kier molecular flexibility index (Phi) is 12.1. The van der Waals surface area contributed by atoms with Crippen LogP contribution in [-0.4, -0.2) is 13.7 Å². The average molecular weight is 240 g/mol. The first-order chi connectivity index (χ1) is 7.81. The molecule has 2 heteroatoms. The molecular formula is C15H28O2. The highest BCUT2D eigenvalue weighted by Gasteiger charge is 2.04. The molecule has 0 heterocycles. The second-order valence-electron chi connectivity index (χ2n) is 3.17. The fraction of sp³-hybridized carbons (Fsp3) is 0.600. The van der Waals surface area contributed by atoms with Gasteiger partial charge in [0.25, 0.3) is 0 Å². The number of methoxy groups -OCH3 is 1. The van der Waals surface area contributed by atoms with Crippen LogP contribution in [0.4, 0.5) is 0 Å². The Hall–Kier alpha value is -1.18. The van der Waals surface area contributed by atoms with Gasteiger partial charge in [-0.2, -0.15) is 0 Å². The van der Waals surface area contributed by atoms with Gasteiger partial charge in [0.05, 0.1) is 13.7 Å². The van der Waals surface area contributed by atoms with E-state index in [4.69, 9.17) is 9.47 Å². The van der Waals surface area contributed by atoms with Gasteiger partial charge in [-0.25, -0.2) is 0 Å². The molecule has 1 aromatic rings. The normalized spacial score (nSPS) is 8.53. The van der Waals surface area contributed by atoms with E-state index in [-0.39, 0.29) is 7.43 Å². The molecule has 1 aromatic carbocycles. The number of aryl methyl sites for hydroxylation is 1. The lowest BCUT2D eigenvalue weighted by molar-refractivity contribution is 0.310. The highest BCUT2D eigenvalue weighted by atomic mass is 16.5. The van der Waals surface area contributed by atoms with Crippen molar-refractivity contribution in [2.75, 3.05) is 13.7 Å². The topological polar surface area (TPSA) is 18.5 Å². The summed E-state index contributed by atoms with van der Waals surface area (Å²) in [5, 5.41) is 0. The van der Waals surface area contributed by atoms with E-state index < -0.39 is 0 Å². The Labute approximate surface area is 107 Å². The predicted molar refractivity (Wildman–Crippen MR) is 76.2 cm³/mol. The molecular weight excluding hydrogens is 212 g/mol. The Morgan fingerprint density at radius 3 is 2.18 bits per heavy atom. The largest absolute Gasteiger partial charge is 0.493 e. The molecule has 0 spiro atoms. The zero-order valence-electron chi connectivity index (χ0n) is 11.2. The van der Waals surface area contributed by atoms with E-state index in [9.17, 15) is 0 Å². The van der Waals surface area contributed by atoms with Crippen LogP contribution in [0, 0.1) is 0 Å². The number of hydrogen-bond acceptors (Lipinski definition) is 2. The van der Waals surface area contributed by atoms with Gasteiger partial charge in [0, 0.05) is 0 Å². The maximum Gasteiger partial charge on any atom is 0.161 e. The van der Waals surface area contributed by atoms with Crippen molar-refractivity contribution in [1.82, 2.24) is 0 Å². The molecule has 0 unspecified atom stereocenters. The van der Waals surface area contributed by atoms with Crippen LogP contribution in [0.3, 0.4) is 0 Å². The Bertz CT molecular complexity index is 282. The van der Waals surface area contributed by atoms with Crippen molar-refractivity contribution in [3.05, 3.63) is 23.8 Å². The van der Waals surface area contributed by atoms with Crippen molar-refractivity contribution in [3.63, 3.8) is 0 Å². The second-order valence-corrected chi connectivity index (χ2v) is 3.17. The van der Waals surface area contributed by atoms with Crippen molar-refractivity contribution in [1.29, 1.82) is 0 Å². The van der Waals surface area contributed by atoms with Crippen LogP contribution in [0.2, 0.25) is 0 Å². The van der Waals surface area contributed by atoms with Gasteiger partial charge in [0.2, 0.25) is 0 Å². The lowest BCUT2D eigenvalue weighted by atomic mass is 10.1. The summed E-state index contributed by atoms with van der Waals surface area (Å²) in [6, 6.07) is 6.12. The van der Waals surface area contributed by atoms with E-state index in [1.807, 2.05) is 26.8 Å². The quantitative estimate of drug-likeness (QED) is 0.742. The molecule has 0 radical (unpaired) electrons. The van der Waals surface area contributed by atoms with E-state index in [0.717, 1.165) is 24.3 Å². The van der Waals surface area contributed by atoms with Gasteiger partial charge in [-0.15, -0.1) is 0 Å². The highest BCUT2D eigenvalue weighted by molar-refractivity contribution is 5.42. The van der Waals surface area contributed by atoms with Crippen molar-refractivity contribution in [2.45, 2.75) is 48.0 Å². The average Bonchev–Trinajstić information content (AvgIpc) is 2.33. The fourth-order valence-corrected chi connectivity index (χ4v) is 1.43. The van der Waals surface area contributed by atoms with Gasteiger partial charge in [0.15, 0.2) is 11.5 Å². The minimum Gasteiger partial charge on any atom is -0.493 e. The van der Waals surface area contributed by atoms with Gasteiger partial charge in [0.1, 0.15) is 0 Å². The van der Waals surface area contributed by atoms with Crippen molar-refractivity contribution >= 4 is 0 Å². The van der Waals surface area contributed by atoms with Crippen LogP contribution in [0.25, 0.3) is 0 Å². The smallest absolute Gasteiger partial charge is 0.161 e. The molecule has 0 N–H and O–H groups in total. The molecule has 0 fully saturated rings. The third kappa shape index (κ3) is 6.20. The maximum absolute atomic E-state index is 5.49. The van der Waals surface area contributed by atoms with Gasteiger partial charge in [-0.3, -0.25) is 0 Å². The van der Waals surface area contributed by atoms with E-state index in [1.165, 1.54) is 5.56 Å². The van der Waals surface area contributed by atoms with Crippen LogP contribution >= 0.6 is 0 Å². The zero-order chi connectivity index (χ0) is 12.4. The molecule has 1 rings (SSSR count). The summed E-state index contributed by atoms with van der Waals surface area (Å²) in [5.41, 5.74) is 1.30. The molecule has 2 nitrogen and oxygen atoms in total. The molecule has 0 bridgehead atoms. The van der Waals surface area contributed by atoms with Crippen LogP contribution in [-0.2, 0) is 6.42 Å². The van der Waals surface area contributed by atoms with Gasteiger partial charge < -0.3 is 9.47 Å². The van der Waals surface area contributed by atoms with E-state index in [1.54, 1.807) is 7.11 Å². The van der Waals surface area contributed by atoms with Crippen molar-refractivity contribution in [2.24, 2.45) is 0 Å². The summed E-state index contributed by atoms with van der Waals surface area (Å²) in [6.45, 7) is 8.82. The maximum atomic E-state index is 5.49. The third-order valence-electron chi connectivity index (χ3n) is 2.07. The number of benzene rings is 1. The highest BCUT2D eigenvalue weighted by Crippen LogP contribution is 2.28. The fourth-order valence-electron chi connectivity index (χ4n) is 1.43. The lowest BCUT2D eigenvalue weighted by Crippen LogP contribution is -1.96. The lowest BCUT2D eigenvalue weighted by Gasteiger charge is -2.10. The molecule has 0 aliphatic heterocycles. The Balaban J connectivity index is 0. The minimum absolute atomic E-state index is 0. The molecule has 0 atom stereocenters. The molecule has 17 heavy (non-hydrogen) atoms. The molecule has 0 saturated heterocycles. The first kappa shape index (κ1) is 18.2. The zero-order valence-corrected chi connectivity index (χ0v) is 11.2. The van der Waals surface area contributed by atoms with E-state index in [0.29, 0.717) is 6.61 Å². The third-order valence-corrected chi connectivity index (χ3v) is 2.07. The summed E-state index contributed by atoms with van der Waals surface area (Å²) in [6.07, 6.45) is 2.24. The Morgan fingerprint density at radius 1 is 1.06 bits per heavy atom. The molecule has 0 aromatic heterocycles. The van der Waals surface area contributed by atoms with Gasteiger partial charge in [-0.1, -0.05) is 40.7 Å². The van der Waals surface area contributed by atoms with Crippen molar-refractivity contribution in [3.8, 4) is 11.5 Å².